The molecule has 0 fully saturated rings. The van der Waals surface area contributed by atoms with Crippen LogP contribution in [0.4, 0.5) is 0 Å². The Bertz CT molecular complexity index is 391. The average molecular weight is 297 g/mol. The number of hydrazone groups is 1. The molecule has 1 heterocycles. The van der Waals surface area contributed by atoms with Gasteiger partial charge in [-0.25, -0.2) is 10.9 Å². The van der Waals surface area contributed by atoms with Gasteiger partial charge in [-0.2, -0.15) is 5.10 Å². The largest absolute Gasteiger partial charge is 0.304 e. The highest BCUT2D eigenvalue weighted by atomic mass is 16.2. The van der Waals surface area contributed by atoms with E-state index in [1.165, 1.54) is 0 Å². The SMILES string of the molecule is CCN(CC)CCCN(NC(C)C)C(=O)C1=NNC(=O)C1. The van der Waals surface area contributed by atoms with Crippen molar-refractivity contribution < 1.29 is 9.59 Å². The van der Waals surface area contributed by atoms with E-state index in [1.54, 1.807) is 5.01 Å². The summed E-state index contributed by atoms with van der Waals surface area (Å²) >= 11 is 0. The molecule has 120 valence electrons. The van der Waals surface area contributed by atoms with Gasteiger partial charge in [-0.1, -0.05) is 13.8 Å². The number of amides is 2. The molecule has 0 atom stereocenters. The minimum Gasteiger partial charge on any atom is -0.304 e. The molecule has 2 amide bonds. The van der Waals surface area contributed by atoms with E-state index in [2.05, 4.69) is 34.7 Å². The van der Waals surface area contributed by atoms with Gasteiger partial charge in [0.15, 0.2) is 0 Å². The molecule has 1 aliphatic rings. The second kappa shape index (κ2) is 8.74. The molecule has 0 aromatic heterocycles. The van der Waals surface area contributed by atoms with Gasteiger partial charge in [0.1, 0.15) is 5.71 Å². The molecule has 0 saturated heterocycles. The number of carbonyl (C=O) groups is 2. The number of rotatable bonds is 9. The maximum atomic E-state index is 12.4. The molecule has 7 heteroatoms. The predicted molar refractivity (Wildman–Crippen MR) is 82.6 cm³/mol. The molecule has 0 unspecified atom stereocenters. The molecule has 2 N–H and O–H groups in total. The molecule has 0 aromatic carbocycles. The summed E-state index contributed by atoms with van der Waals surface area (Å²) in [5.41, 5.74) is 5.72. The van der Waals surface area contributed by atoms with Gasteiger partial charge in [-0.15, -0.1) is 0 Å². The number of carbonyl (C=O) groups excluding carboxylic acids is 2. The van der Waals surface area contributed by atoms with Crippen molar-refractivity contribution in [1.82, 2.24) is 20.8 Å². The van der Waals surface area contributed by atoms with Gasteiger partial charge in [0, 0.05) is 12.6 Å². The predicted octanol–water partition coefficient (Wildman–Crippen LogP) is 0.336. The topological polar surface area (TPSA) is 77.0 Å². The van der Waals surface area contributed by atoms with Crippen LogP contribution in [0.5, 0.6) is 0 Å². The number of nitrogens with zero attached hydrogens (tertiary/aromatic N) is 3. The van der Waals surface area contributed by atoms with Crippen molar-refractivity contribution in [2.24, 2.45) is 5.10 Å². The van der Waals surface area contributed by atoms with E-state index in [0.29, 0.717) is 6.54 Å². The van der Waals surface area contributed by atoms with Crippen LogP contribution in [0.1, 0.15) is 40.5 Å². The van der Waals surface area contributed by atoms with Crippen LogP contribution in [0, 0.1) is 0 Å². The summed E-state index contributed by atoms with van der Waals surface area (Å²) in [6.45, 7) is 11.8. The normalized spacial score (nSPS) is 14.6. The van der Waals surface area contributed by atoms with Gasteiger partial charge in [-0.3, -0.25) is 14.6 Å². The Morgan fingerprint density at radius 3 is 2.48 bits per heavy atom. The lowest BCUT2D eigenvalue weighted by molar-refractivity contribution is -0.128. The Morgan fingerprint density at radius 2 is 2.00 bits per heavy atom. The van der Waals surface area contributed by atoms with Crippen LogP contribution in [-0.2, 0) is 9.59 Å². The van der Waals surface area contributed by atoms with E-state index in [-0.39, 0.29) is 30.0 Å². The summed E-state index contributed by atoms with van der Waals surface area (Å²) in [6, 6.07) is 0.146. The summed E-state index contributed by atoms with van der Waals surface area (Å²) in [7, 11) is 0. The quantitative estimate of drug-likeness (QED) is 0.602. The highest BCUT2D eigenvalue weighted by molar-refractivity contribution is 6.42. The first-order chi connectivity index (χ1) is 9.97. The first-order valence-electron chi connectivity index (χ1n) is 7.63. The van der Waals surface area contributed by atoms with Crippen LogP contribution in [0.25, 0.3) is 0 Å². The van der Waals surface area contributed by atoms with Gasteiger partial charge in [0.25, 0.3) is 5.91 Å². The van der Waals surface area contributed by atoms with Crippen molar-refractivity contribution in [2.45, 2.75) is 46.6 Å². The zero-order valence-electron chi connectivity index (χ0n) is 13.5. The molecule has 21 heavy (non-hydrogen) atoms. The zero-order valence-corrected chi connectivity index (χ0v) is 13.5. The number of hydrogen-bond donors (Lipinski definition) is 2. The number of nitrogens with one attached hydrogen (secondary N) is 2. The number of hydrogen-bond acceptors (Lipinski definition) is 5. The van der Waals surface area contributed by atoms with E-state index in [4.69, 9.17) is 0 Å². The van der Waals surface area contributed by atoms with Crippen LogP contribution >= 0.6 is 0 Å². The first-order valence-corrected chi connectivity index (χ1v) is 7.63. The van der Waals surface area contributed by atoms with Crippen molar-refractivity contribution in [2.75, 3.05) is 26.2 Å². The van der Waals surface area contributed by atoms with Crippen LogP contribution in [0.2, 0.25) is 0 Å². The molecular weight excluding hydrogens is 270 g/mol. The molecule has 0 spiro atoms. The van der Waals surface area contributed by atoms with Gasteiger partial charge in [0.2, 0.25) is 5.91 Å². The van der Waals surface area contributed by atoms with E-state index in [1.807, 2.05) is 13.8 Å². The smallest absolute Gasteiger partial charge is 0.284 e. The fourth-order valence-corrected chi connectivity index (χ4v) is 2.17. The van der Waals surface area contributed by atoms with Crippen molar-refractivity contribution in [3.63, 3.8) is 0 Å². The third kappa shape index (κ3) is 5.81. The Balaban J connectivity index is 2.55. The summed E-state index contributed by atoms with van der Waals surface area (Å²) in [4.78, 5) is 25.8. The maximum absolute atomic E-state index is 12.4. The van der Waals surface area contributed by atoms with Gasteiger partial charge < -0.3 is 4.90 Å². The summed E-state index contributed by atoms with van der Waals surface area (Å²) in [5, 5.41) is 5.37. The van der Waals surface area contributed by atoms with Crippen molar-refractivity contribution in [3.8, 4) is 0 Å². The molecule has 0 radical (unpaired) electrons. The summed E-state index contributed by atoms with van der Waals surface area (Å²) in [5.74, 6) is -0.451. The lowest BCUT2D eigenvalue weighted by Gasteiger charge is -2.27. The first kappa shape index (κ1) is 17.6. The fraction of sp³-hybridized carbons (Fsp3) is 0.786. The third-order valence-electron chi connectivity index (χ3n) is 3.30. The Morgan fingerprint density at radius 1 is 1.33 bits per heavy atom. The Labute approximate surface area is 126 Å². The third-order valence-corrected chi connectivity index (χ3v) is 3.30. The zero-order chi connectivity index (χ0) is 15.8. The molecule has 7 nitrogen and oxygen atoms in total. The Kier molecular flexibility index (Phi) is 7.31. The number of hydrazine groups is 1. The lowest BCUT2D eigenvalue weighted by atomic mass is 10.2. The van der Waals surface area contributed by atoms with Gasteiger partial charge >= 0.3 is 0 Å². The van der Waals surface area contributed by atoms with E-state index in [9.17, 15) is 9.59 Å². The molecule has 0 aliphatic carbocycles. The van der Waals surface area contributed by atoms with Crippen LogP contribution < -0.4 is 10.9 Å². The monoisotopic (exact) mass is 297 g/mol. The van der Waals surface area contributed by atoms with Gasteiger partial charge in [0.05, 0.1) is 6.42 Å². The molecule has 0 saturated carbocycles. The van der Waals surface area contributed by atoms with Crippen molar-refractivity contribution in [1.29, 1.82) is 0 Å². The fourth-order valence-electron chi connectivity index (χ4n) is 2.17. The standard InChI is InChI=1S/C14H27N5O2/c1-5-18(6-2)8-7-9-19(17-11(3)4)14(21)12-10-13(20)16-15-12/h11,17H,5-10H2,1-4H3,(H,16,20). The van der Waals surface area contributed by atoms with Crippen molar-refractivity contribution >= 4 is 17.5 Å². The Hall–Kier alpha value is -1.47. The van der Waals surface area contributed by atoms with E-state index >= 15 is 0 Å². The minimum absolute atomic E-state index is 0.0607. The summed E-state index contributed by atoms with van der Waals surface area (Å²) in [6.07, 6.45) is 0.937. The van der Waals surface area contributed by atoms with Crippen LogP contribution in [-0.4, -0.2) is 59.7 Å². The highest BCUT2D eigenvalue weighted by Gasteiger charge is 2.26. The van der Waals surface area contributed by atoms with E-state index < -0.39 is 0 Å². The molecule has 1 aliphatic heterocycles. The lowest BCUT2D eigenvalue weighted by Crippen LogP contribution is -2.49. The average Bonchev–Trinajstić information content (AvgIpc) is 2.87. The second-order valence-corrected chi connectivity index (χ2v) is 5.39. The van der Waals surface area contributed by atoms with Crippen LogP contribution in [0.15, 0.2) is 5.10 Å². The molecule has 1 rings (SSSR count). The molecular formula is C14H27N5O2. The molecule has 0 aromatic rings. The second-order valence-electron chi connectivity index (χ2n) is 5.39. The highest BCUT2D eigenvalue weighted by Crippen LogP contribution is 2.02. The van der Waals surface area contributed by atoms with E-state index in [0.717, 1.165) is 26.1 Å². The minimum atomic E-state index is -0.231. The van der Waals surface area contributed by atoms with Crippen molar-refractivity contribution in [3.05, 3.63) is 0 Å². The molecule has 0 bridgehead atoms. The summed E-state index contributed by atoms with van der Waals surface area (Å²) < 4.78 is 0. The maximum Gasteiger partial charge on any atom is 0.284 e. The van der Waals surface area contributed by atoms with Crippen LogP contribution in [0.3, 0.4) is 0 Å². The van der Waals surface area contributed by atoms with Gasteiger partial charge in [-0.05, 0) is 39.9 Å².